The predicted molar refractivity (Wildman–Crippen MR) is 56.7 cm³/mol. The fourth-order valence-electron chi connectivity index (χ4n) is 0.556. The van der Waals surface area contributed by atoms with Crippen LogP contribution >= 0.6 is 0 Å². The lowest BCUT2D eigenvalue weighted by atomic mass is 10.2. The Kier molecular flexibility index (Phi) is 3.94. The molecule has 0 saturated heterocycles. The van der Waals surface area contributed by atoms with Gasteiger partial charge in [0.15, 0.2) is 0 Å². The van der Waals surface area contributed by atoms with Crippen LogP contribution in [-0.4, -0.2) is 20.0 Å². The first-order chi connectivity index (χ1) is 5.17. The zero-order valence-corrected chi connectivity index (χ0v) is 10.3. The summed E-state index contributed by atoms with van der Waals surface area (Å²) >= 11 is 0. The van der Waals surface area contributed by atoms with Crippen molar-refractivity contribution in [3.05, 3.63) is 0 Å². The number of rotatable bonds is 4. The maximum atomic E-state index is 6.08. The molecule has 0 rings (SSSR count). The van der Waals surface area contributed by atoms with E-state index in [1.807, 2.05) is 6.92 Å². The first-order valence-corrected chi connectivity index (χ1v) is 8.09. The van der Waals surface area contributed by atoms with Crippen molar-refractivity contribution in [2.24, 2.45) is 11.7 Å². The Morgan fingerprint density at radius 3 is 2.00 bits per heavy atom. The molecule has 0 amide bonds. The molecular formula is C9H23NOSi. The molecule has 0 heterocycles. The third-order valence-corrected chi connectivity index (χ3v) is 5.33. The Labute approximate surface area is 77.5 Å². The van der Waals surface area contributed by atoms with Gasteiger partial charge in [-0.2, -0.15) is 0 Å². The molecule has 0 aliphatic rings. The average molecular weight is 189 g/mol. The van der Waals surface area contributed by atoms with Crippen LogP contribution < -0.4 is 5.73 Å². The van der Waals surface area contributed by atoms with Crippen LogP contribution in [0.3, 0.4) is 0 Å². The molecular weight excluding hydrogens is 166 g/mol. The van der Waals surface area contributed by atoms with Crippen molar-refractivity contribution in [1.82, 2.24) is 0 Å². The summed E-state index contributed by atoms with van der Waals surface area (Å²) in [4.78, 5) is 0. The van der Waals surface area contributed by atoms with Crippen LogP contribution in [0.1, 0.15) is 20.8 Å². The molecule has 0 aliphatic heterocycles. The molecule has 1 unspecified atom stereocenters. The second kappa shape index (κ2) is 3.90. The minimum absolute atomic E-state index is 0.392. The molecule has 0 radical (unpaired) electrons. The standard InChI is InChI=1S/C9H23NOSi/c1-8(2)7-11-9(3,10)12(4,5)6/h8H,7,10H2,1-6H3. The van der Waals surface area contributed by atoms with E-state index in [9.17, 15) is 0 Å². The van der Waals surface area contributed by atoms with Crippen LogP contribution in [0.2, 0.25) is 19.6 Å². The molecule has 0 aromatic heterocycles. The smallest absolute Gasteiger partial charge is 0.100 e. The molecule has 0 spiro atoms. The van der Waals surface area contributed by atoms with E-state index in [0.29, 0.717) is 5.92 Å². The van der Waals surface area contributed by atoms with Crippen molar-refractivity contribution >= 4 is 8.07 Å². The highest BCUT2D eigenvalue weighted by molar-refractivity contribution is 6.78. The summed E-state index contributed by atoms with van der Waals surface area (Å²) in [5, 5.41) is -0.392. The van der Waals surface area contributed by atoms with Crippen molar-refractivity contribution in [3.8, 4) is 0 Å². The van der Waals surface area contributed by atoms with Gasteiger partial charge in [-0.25, -0.2) is 0 Å². The zero-order chi connectivity index (χ0) is 9.99. The summed E-state index contributed by atoms with van der Waals surface area (Å²) in [6, 6.07) is 0. The Hall–Kier alpha value is 0.137. The number of hydrogen-bond donors (Lipinski definition) is 1. The maximum Gasteiger partial charge on any atom is 0.100 e. The molecule has 0 aromatic rings. The third-order valence-electron chi connectivity index (χ3n) is 2.21. The highest BCUT2D eigenvalue weighted by Crippen LogP contribution is 2.19. The lowest BCUT2D eigenvalue weighted by molar-refractivity contribution is 0.0121. The van der Waals surface area contributed by atoms with Crippen LogP contribution in [0.5, 0.6) is 0 Å². The molecule has 12 heavy (non-hydrogen) atoms. The van der Waals surface area contributed by atoms with E-state index in [0.717, 1.165) is 6.61 Å². The van der Waals surface area contributed by atoms with Gasteiger partial charge < -0.3 is 10.5 Å². The van der Waals surface area contributed by atoms with Crippen LogP contribution in [0.15, 0.2) is 0 Å². The Morgan fingerprint density at radius 2 is 1.75 bits per heavy atom. The van der Waals surface area contributed by atoms with Gasteiger partial charge >= 0.3 is 0 Å². The number of ether oxygens (including phenoxy) is 1. The van der Waals surface area contributed by atoms with Crippen LogP contribution in [0.4, 0.5) is 0 Å². The molecule has 2 nitrogen and oxygen atoms in total. The van der Waals surface area contributed by atoms with Gasteiger partial charge in [-0.05, 0) is 12.8 Å². The van der Waals surface area contributed by atoms with E-state index in [1.54, 1.807) is 0 Å². The first kappa shape index (κ1) is 12.1. The molecule has 0 saturated carbocycles. The Morgan fingerprint density at radius 1 is 1.33 bits per heavy atom. The molecule has 0 aromatic carbocycles. The molecule has 2 N–H and O–H groups in total. The molecule has 0 aliphatic carbocycles. The van der Waals surface area contributed by atoms with Crippen molar-refractivity contribution in [2.75, 3.05) is 6.61 Å². The second-order valence-corrected chi connectivity index (χ2v) is 10.6. The Balaban J connectivity index is 4.05. The van der Waals surface area contributed by atoms with Gasteiger partial charge in [-0.15, -0.1) is 0 Å². The van der Waals surface area contributed by atoms with Crippen molar-refractivity contribution in [1.29, 1.82) is 0 Å². The van der Waals surface area contributed by atoms with E-state index >= 15 is 0 Å². The monoisotopic (exact) mass is 189 g/mol. The topological polar surface area (TPSA) is 35.2 Å². The van der Waals surface area contributed by atoms with Crippen LogP contribution in [0, 0.1) is 5.92 Å². The maximum absolute atomic E-state index is 6.08. The summed E-state index contributed by atoms with van der Waals surface area (Å²) in [5.41, 5.74) is 6.08. The van der Waals surface area contributed by atoms with Gasteiger partial charge in [0.2, 0.25) is 0 Å². The fraction of sp³-hybridized carbons (Fsp3) is 1.00. The highest BCUT2D eigenvalue weighted by atomic mass is 28.3. The average Bonchev–Trinajstić information content (AvgIpc) is 1.81. The highest BCUT2D eigenvalue weighted by Gasteiger charge is 2.36. The minimum atomic E-state index is -1.40. The van der Waals surface area contributed by atoms with Gasteiger partial charge in [0.25, 0.3) is 0 Å². The third kappa shape index (κ3) is 3.69. The number of hydrogen-bond acceptors (Lipinski definition) is 2. The van der Waals surface area contributed by atoms with Crippen LogP contribution in [0.25, 0.3) is 0 Å². The van der Waals surface area contributed by atoms with E-state index in [4.69, 9.17) is 10.5 Å². The summed E-state index contributed by atoms with van der Waals surface area (Å²) in [6.07, 6.45) is 0. The van der Waals surface area contributed by atoms with Crippen LogP contribution in [-0.2, 0) is 4.74 Å². The summed E-state index contributed by atoms with van der Waals surface area (Å²) in [7, 11) is -1.40. The first-order valence-electron chi connectivity index (χ1n) is 4.59. The summed E-state index contributed by atoms with van der Waals surface area (Å²) < 4.78 is 5.69. The second-order valence-electron chi connectivity index (χ2n) is 5.06. The lowest BCUT2D eigenvalue weighted by Crippen LogP contribution is -2.59. The largest absolute Gasteiger partial charge is 0.364 e. The van der Waals surface area contributed by atoms with Gasteiger partial charge in [0.1, 0.15) is 8.07 Å². The van der Waals surface area contributed by atoms with Gasteiger partial charge in [-0.1, -0.05) is 33.5 Å². The van der Waals surface area contributed by atoms with E-state index in [2.05, 4.69) is 33.5 Å². The minimum Gasteiger partial charge on any atom is -0.364 e. The lowest BCUT2D eigenvalue weighted by Gasteiger charge is -2.37. The Bertz CT molecular complexity index is 138. The van der Waals surface area contributed by atoms with E-state index in [-0.39, 0.29) is 0 Å². The molecule has 74 valence electrons. The fourth-order valence-corrected chi connectivity index (χ4v) is 1.07. The van der Waals surface area contributed by atoms with Crippen molar-refractivity contribution in [2.45, 2.75) is 45.8 Å². The molecule has 0 bridgehead atoms. The molecule has 1 atom stereocenters. The quantitative estimate of drug-likeness (QED) is 0.543. The SMILES string of the molecule is CC(C)COC(C)(N)[Si](C)(C)C. The summed E-state index contributed by atoms with van der Waals surface area (Å²) in [6.45, 7) is 13.7. The van der Waals surface area contributed by atoms with Gasteiger partial charge in [0.05, 0.1) is 12.0 Å². The normalized spacial score (nSPS) is 18.0. The predicted octanol–water partition coefficient (Wildman–Crippen LogP) is 2.21. The summed E-state index contributed by atoms with van der Waals surface area (Å²) in [5.74, 6) is 0.559. The number of nitrogens with two attached hydrogens (primary N) is 1. The van der Waals surface area contributed by atoms with E-state index < -0.39 is 13.4 Å². The van der Waals surface area contributed by atoms with Gasteiger partial charge in [-0.3, -0.25) is 0 Å². The van der Waals surface area contributed by atoms with Crippen molar-refractivity contribution < 1.29 is 4.74 Å². The zero-order valence-electron chi connectivity index (χ0n) is 9.27. The van der Waals surface area contributed by atoms with Gasteiger partial charge in [0, 0.05) is 0 Å². The molecule has 3 heteroatoms. The van der Waals surface area contributed by atoms with E-state index in [1.165, 1.54) is 0 Å². The van der Waals surface area contributed by atoms with Crippen molar-refractivity contribution in [3.63, 3.8) is 0 Å². The molecule has 0 fully saturated rings.